The molecule has 29 heavy (non-hydrogen) atoms. The first-order valence-electron chi connectivity index (χ1n) is 9.40. The molecule has 0 bridgehead atoms. The number of ether oxygens (including phenoxy) is 1. The second kappa shape index (κ2) is 9.14. The van der Waals surface area contributed by atoms with Gasteiger partial charge in [-0.3, -0.25) is 9.59 Å². The van der Waals surface area contributed by atoms with Gasteiger partial charge < -0.3 is 24.5 Å². The van der Waals surface area contributed by atoms with E-state index in [9.17, 15) is 19.8 Å². The Labute approximate surface area is 166 Å². The van der Waals surface area contributed by atoms with Crippen LogP contribution in [0.5, 0.6) is 17.2 Å². The second-order valence-electron chi connectivity index (χ2n) is 6.70. The maximum absolute atomic E-state index is 12.5. The van der Waals surface area contributed by atoms with Crippen molar-refractivity contribution < 1.29 is 29.3 Å². The number of carboxylic acid groups (broad SMARTS) is 1. The largest absolute Gasteiger partial charge is 0.507 e. The minimum absolute atomic E-state index is 0.0260. The van der Waals surface area contributed by atoms with Gasteiger partial charge in [-0.2, -0.15) is 0 Å². The van der Waals surface area contributed by atoms with Crippen molar-refractivity contribution in [2.24, 2.45) is 0 Å². The summed E-state index contributed by atoms with van der Waals surface area (Å²) in [4.78, 5) is 23.0. The highest BCUT2D eigenvalue weighted by Crippen LogP contribution is 2.35. The lowest BCUT2D eigenvalue weighted by Crippen LogP contribution is -2.04. The third-order valence-corrected chi connectivity index (χ3v) is 4.51. The van der Waals surface area contributed by atoms with Crippen LogP contribution in [0.4, 0.5) is 0 Å². The number of aromatic hydroxyl groups is 2. The van der Waals surface area contributed by atoms with E-state index in [1.165, 1.54) is 12.1 Å². The normalized spacial score (nSPS) is 10.9. The molecule has 3 N–H and O–H groups in total. The minimum Gasteiger partial charge on any atom is -0.507 e. The fourth-order valence-corrected chi connectivity index (χ4v) is 3.06. The van der Waals surface area contributed by atoms with Crippen molar-refractivity contribution in [1.29, 1.82) is 0 Å². The molecule has 0 atom stereocenters. The average molecular weight is 398 g/mol. The van der Waals surface area contributed by atoms with E-state index < -0.39 is 17.1 Å². The Bertz CT molecular complexity index is 1050. The van der Waals surface area contributed by atoms with Gasteiger partial charge in [0.25, 0.3) is 0 Å². The number of hydrogen-bond donors (Lipinski definition) is 3. The van der Waals surface area contributed by atoms with Crippen molar-refractivity contribution in [3.05, 3.63) is 52.7 Å². The molecular weight excluding hydrogens is 376 g/mol. The smallest absolute Gasteiger partial charge is 0.303 e. The summed E-state index contributed by atoms with van der Waals surface area (Å²) in [5.41, 5.74) is -0.0631. The lowest BCUT2D eigenvalue weighted by atomic mass is 10.1. The molecule has 7 nitrogen and oxygen atoms in total. The summed E-state index contributed by atoms with van der Waals surface area (Å²) >= 11 is 0. The minimum atomic E-state index is -0.796. The third-order valence-electron chi connectivity index (χ3n) is 4.51. The van der Waals surface area contributed by atoms with Crippen molar-refractivity contribution in [3.63, 3.8) is 0 Å². The average Bonchev–Trinajstić information content (AvgIpc) is 2.70. The molecule has 2 aromatic carbocycles. The number of benzene rings is 2. The van der Waals surface area contributed by atoms with Gasteiger partial charge in [-0.15, -0.1) is 0 Å². The number of rotatable bonds is 9. The van der Waals surface area contributed by atoms with Crippen LogP contribution < -0.4 is 10.2 Å². The van der Waals surface area contributed by atoms with Gasteiger partial charge in [0.1, 0.15) is 22.5 Å². The van der Waals surface area contributed by atoms with Crippen molar-refractivity contribution in [3.8, 4) is 28.6 Å². The molecule has 3 aromatic rings. The molecule has 0 fully saturated rings. The Balaban J connectivity index is 1.76. The van der Waals surface area contributed by atoms with Crippen molar-refractivity contribution >= 4 is 16.9 Å². The summed E-state index contributed by atoms with van der Waals surface area (Å²) in [6, 6.07) is 11.5. The van der Waals surface area contributed by atoms with Gasteiger partial charge in [0, 0.05) is 24.1 Å². The van der Waals surface area contributed by atoms with Crippen LogP contribution >= 0.6 is 0 Å². The van der Waals surface area contributed by atoms with E-state index in [0.717, 1.165) is 19.3 Å². The molecule has 1 aromatic heterocycles. The fourth-order valence-electron chi connectivity index (χ4n) is 3.06. The molecule has 0 unspecified atom stereocenters. The van der Waals surface area contributed by atoms with Gasteiger partial charge in [-0.25, -0.2) is 0 Å². The van der Waals surface area contributed by atoms with Crippen LogP contribution in [-0.4, -0.2) is 27.9 Å². The summed E-state index contributed by atoms with van der Waals surface area (Å²) in [7, 11) is 0. The lowest BCUT2D eigenvalue weighted by Gasteiger charge is -2.10. The van der Waals surface area contributed by atoms with E-state index >= 15 is 0 Å². The summed E-state index contributed by atoms with van der Waals surface area (Å²) in [5.74, 6) is -1.32. The Morgan fingerprint density at radius 3 is 2.45 bits per heavy atom. The van der Waals surface area contributed by atoms with Gasteiger partial charge >= 0.3 is 5.97 Å². The molecule has 3 rings (SSSR count). The first kappa shape index (κ1) is 20.3. The predicted molar refractivity (Wildman–Crippen MR) is 107 cm³/mol. The second-order valence-corrected chi connectivity index (χ2v) is 6.70. The number of carboxylic acids is 1. The van der Waals surface area contributed by atoms with Crippen molar-refractivity contribution in [2.45, 2.75) is 32.1 Å². The van der Waals surface area contributed by atoms with Gasteiger partial charge in [0.15, 0.2) is 5.76 Å². The van der Waals surface area contributed by atoms with E-state index in [1.54, 1.807) is 30.3 Å². The summed E-state index contributed by atoms with van der Waals surface area (Å²) < 4.78 is 11.4. The molecule has 0 spiro atoms. The van der Waals surface area contributed by atoms with Crippen LogP contribution in [0.25, 0.3) is 22.3 Å². The van der Waals surface area contributed by atoms with Gasteiger partial charge in [-0.1, -0.05) is 43.2 Å². The number of aliphatic carboxylic acids is 1. The molecule has 0 saturated heterocycles. The molecule has 1 heterocycles. The topological polar surface area (TPSA) is 117 Å². The highest BCUT2D eigenvalue weighted by atomic mass is 16.5. The molecule has 0 saturated carbocycles. The van der Waals surface area contributed by atoms with Crippen LogP contribution in [0.15, 0.2) is 51.7 Å². The van der Waals surface area contributed by atoms with Crippen LogP contribution in [0.2, 0.25) is 0 Å². The Kier molecular flexibility index (Phi) is 6.39. The van der Waals surface area contributed by atoms with E-state index in [-0.39, 0.29) is 28.9 Å². The fraction of sp³-hybridized carbons (Fsp3) is 0.273. The molecular formula is C22H22O7. The third kappa shape index (κ3) is 4.87. The van der Waals surface area contributed by atoms with E-state index in [2.05, 4.69) is 0 Å². The maximum Gasteiger partial charge on any atom is 0.303 e. The first-order chi connectivity index (χ1) is 14.0. The van der Waals surface area contributed by atoms with Crippen LogP contribution in [0.3, 0.4) is 0 Å². The molecule has 0 aliphatic heterocycles. The quantitative estimate of drug-likeness (QED) is 0.460. The standard InChI is InChI=1S/C22H22O7/c23-16-12-15(28-11-7-2-1-6-10-18(24)25)13-17-19(16)20(26)21(27)22(29-17)14-8-4-3-5-9-14/h3-5,8-9,12-13,23,27H,1-2,6-7,10-11H2,(H,24,25). The SMILES string of the molecule is O=C(O)CCCCCCOc1cc(O)c2c(=O)c(O)c(-c3ccccc3)oc2c1. The van der Waals surface area contributed by atoms with E-state index in [4.69, 9.17) is 14.3 Å². The monoisotopic (exact) mass is 398 g/mol. The number of unbranched alkanes of at least 4 members (excludes halogenated alkanes) is 3. The number of carbonyl (C=O) groups is 1. The van der Waals surface area contributed by atoms with E-state index in [1.807, 2.05) is 0 Å². The number of hydrogen-bond acceptors (Lipinski definition) is 6. The molecule has 152 valence electrons. The van der Waals surface area contributed by atoms with Crippen LogP contribution in [0, 0.1) is 0 Å². The lowest BCUT2D eigenvalue weighted by molar-refractivity contribution is -0.137. The Hall–Kier alpha value is -3.48. The zero-order valence-electron chi connectivity index (χ0n) is 15.8. The van der Waals surface area contributed by atoms with Crippen LogP contribution in [0.1, 0.15) is 32.1 Å². The van der Waals surface area contributed by atoms with Gasteiger partial charge in [0.2, 0.25) is 11.2 Å². The van der Waals surface area contributed by atoms with Crippen LogP contribution in [-0.2, 0) is 4.79 Å². The number of fused-ring (bicyclic) bond motifs is 1. The van der Waals surface area contributed by atoms with Crippen molar-refractivity contribution in [1.82, 2.24) is 0 Å². The molecule has 0 aliphatic rings. The predicted octanol–water partition coefficient (Wildman–Crippen LogP) is 4.29. The summed E-state index contributed by atoms with van der Waals surface area (Å²) in [6.07, 6.45) is 3.15. The summed E-state index contributed by atoms with van der Waals surface area (Å²) in [6.45, 7) is 0.381. The zero-order valence-corrected chi connectivity index (χ0v) is 15.8. The first-order valence-corrected chi connectivity index (χ1v) is 9.40. The molecule has 0 radical (unpaired) electrons. The Morgan fingerprint density at radius 2 is 1.72 bits per heavy atom. The number of phenolic OH excluding ortho intramolecular Hbond substituents is 1. The zero-order chi connectivity index (χ0) is 20.8. The van der Waals surface area contributed by atoms with E-state index in [0.29, 0.717) is 24.3 Å². The number of phenols is 1. The van der Waals surface area contributed by atoms with Gasteiger partial charge in [-0.05, 0) is 12.8 Å². The molecule has 0 amide bonds. The van der Waals surface area contributed by atoms with Crippen molar-refractivity contribution in [2.75, 3.05) is 6.61 Å². The Morgan fingerprint density at radius 1 is 1.00 bits per heavy atom. The summed E-state index contributed by atoms with van der Waals surface area (Å²) in [5, 5.41) is 29.0. The highest BCUT2D eigenvalue weighted by Gasteiger charge is 2.18. The van der Waals surface area contributed by atoms with Gasteiger partial charge in [0.05, 0.1) is 6.61 Å². The molecule has 0 aliphatic carbocycles. The maximum atomic E-state index is 12.5. The highest BCUT2D eigenvalue weighted by molar-refractivity contribution is 5.88. The molecule has 7 heteroatoms.